The van der Waals surface area contributed by atoms with Gasteiger partial charge in [-0.05, 0) is 45.0 Å². The number of urea groups is 1. The van der Waals surface area contributed by atoms with Gasteiger partial charge in [0.1, 0.15) is 5.69 Å². The minimum Gasteiger partial charge on any atom is -0.449 e. The van der Waals surface area contributed by atoms with Crippen molar-refractivity contribution in [1.82, 2.24) is 10.6 Å². The summed E-state index contributed by atoms with van der Waals surface area (Å²) in [6.07, 6.45) is -1.28. The number of nitro groups is 1. The quantitative estimate of drug-likeness (QED) is 0.359. The average Bonchev–Trinajstić information content (AvgIpc) is 2.68. The lowest BCUT2D eigenvalue weighted by Crippen LogP contribution is -2.46. The molecule has 0 unspecified atom stereocenters. The monoisotopic (exact) mass is 414 g/mol. The van der Waals surface area contributed by atoms with E-state index in [-0.39, 0.29) is 23.0 Å². The van der Waals surface area contributed by atoms with Crippen LogP contribution in [0.15, 0.2) is 48.5 Å². The first-order valence-corrected chi connectivity index (χ1v) is 9.10. The molecule has 0 radical (unpaired) electrons. The highest BCUT2D eigenvalue weighted by Crippen LogP contribution is 2.29. The Morgan fingerprint density at radius 3 is 2.30 bits per heavy atom. The number of hydrogen-bond donors (Lipinski definition) is 3. The van der Waals surface area contributed by atoms with Crippen LogP contribution in [0.4, 0.5) is 21.9 Å². The van der Waals surface area contributed by atoms with Crippen LogP contribution in [0.5, 0.6) is 0 Å². The zero-order valence-electron chi connectivity index (χ0n) is 16.7. The van der Waals surface area contributed by atoms with Crippen LogP contribution in [0.25, 0.3) is 0 Å². The summed E-state index contributed by atoms with van der Waals surface area (Å²) < 4.78 is 5.02. The van der Waals surface area contributed by atoms with Crippen molar-refractivity contribution in [1.29, 1.82) is 0 Å². The van der Waals surface area contributed by atoms with Crippen molar-refractivity contribution in [3.63, 3.8) is 0 Å². The summed E-state index contributed by atoms with van der Waals surface area (Å²) in [6.45, 7) is 4.73. The molecule has 10 nitrogen and oxygen atoms in total. The summed E-state index contributed by atoms with van der Waals surface area (Å²) in [5, 5.41) is 18.9. The summed E-state index contributed by atoms with van der Waals surface area (Å²) in [6, 6.07) is 11.7. The predicted molar refractivity (Wildman–Crippen MR) is 110 cm³/mol. The Hall–Kier alpha value is -3.95. The second kappa shape index (κ2) is 10.0. The topological polar surface area (TPSA) is 140 Å². The normalized spacial score (nSPS) is 11.3. The van der Waals surface area contributed by atoms with Gasteiger partial charge in [0.15, 0.2) is 6.10 Å². The fourth-order valence-electron chi connectivity index (χ4n) is 2.39. The molecule has 2 aromatic carbocycles. The first kappa shape index (κ1) is 22.3. The number of ether oxygens (including phenoxy) is 1. The Bertz CT molecular complexity index is 946. The third-order valence-electron chi connectivity index (χ3n) is 3.79. The van der Waals surface area contributed by atoms with E-state index in [9.17, 15) is 24.5 Å². The van der Waals surface area contributed by atoms with Gasteiger partial charge in [0.2, 0.25) is 0 Å². The fourth-order valence-corrected chi connectivity index (χ4v) is 2.39. The van der Waals surface area contributed by atoms with Crippen molar-refractivity contribution in [3.8, 4) is 0 Å². The molecule has 0 saturated heterocycles. The minimum atomic E-state index is -1.28. The molecular formula is C20H22N4O6. The number of nitrogens with zero attached hydrogens (tertiary/aromatic N) is 1. The van der Waals surface area contributed by atoms with Crippen molar-refractivity contribution in [2.75, 3.05) is 5.32 Å². The summed E-state index contributed by atoms with van der Waals surface area (Å²) >= 11 is 0. The average molecular weight is 414 g/mol. The van der Waals surface area contributed by atoms with E-state index in [1.807, 2.05) is 11.4 Å². The Labute approximate surface area is 172 Å². The largest absolute Gasteiger partial charge is 0.449 e. The second-order valence-corrected chi connectivity index (χ2v) is 6.65. The molecule has 2 aromatic rings. The number of esters is 1. The highest BCUT2D eigenvalue weighted by molar-refractivity contribution is 5.99. The molecule has 0 aliphatic carbocycles. The van der Waals surface area contributed by atoms with E-state index in [0.29, 0.717) is 5.69 Å². The zero-order valence-corrected chi connectivity index (χ0v) is 16.7. The van der Waals surface area contributed by atoms with Crippen molar-refractivity contribution in [2.24, 2.45) is 0 Å². The van der Waals surface area contributed by atoms with Gasteiger partial charge in [0.25, 0.3) is 11.6 Å². The van der Waals surface area contributed by atoms with Crippen molar-refractivity contribution >= 4 is 35.0 Å². The number of para-hydroxylation sites is 1. The van der Waals surface area contributed by atoms with Crippen LogP contribution in [-0.2, 0) is 9.53 Å². The Balaban J connectivity index is 2.10. The fraction of sp³-hybridized carbons (Fsp3) is 0.250. The van der Waals surface area contributed by atoms with Gasteiger partial charge < -0.3 is 15.4 Å². The number of rotatable bonds is 7. The first-order valence-electron chi connectivity index (χ1n) is 9.10. The highest BCUT2D eigenvalue weighted by Gasteiger charge is 2.23. The summed E-state index contributed by atoms with van der Waals surface area (Å²) in [5.74, 6) is -1.75. The van der Waals surface area contributed by atoms with Gasteiger partial charge in [-0.1, -0.05) is 18.2 Å². The summed E-state index contributed by atoms with van der Waals surface area (Å²) in [5.41, 5.74) is 0.396. The summed E-state index contributed by atoms with van der Waals surface area (Å²) in [4.78, 5) is 46.7. The van der Waals surface area contributed by atoms with Gasteiger partial charge in [0.05, 0.1) is 10.5 Å². The van der Waals surface area contributed by atoms with Gasteiger partial charge in [0, 0.05) is 17.8 Å². The number of anilines is 2. The SMILES string of the molecule is CC(C)NC(=O)NC(=O)[C@H](C)OC(=O)c1ccc(Nc2ccccc2)c([N+](=O)[O-])c1. The maximum atomic E-state index is 12.3. The van der Waals surface area contributed by atoms with E-state index < -0.39 is 28.9 Å². The molecule has 158 valence electrons. The van der Waals surface area contributed by atoms with Crippen LogP contribution in [0.1, 0.15) is 31.1 Å². The number of carbonyl (C=O) groups excluding carboxylic acids is 3. The lowest BCUT2D eigenvalue weighted by molar-refractivity contribution is -0.383. The minimum absolute atomic E-state index is 0.105. The van der Waals surface area contributed by atoms with Crippen LogP contribution < -0.4 is 16.0 Å². The van der Waals surface area contributed by atoms with Crippen molar-refractivity contribution in [3.05, 3.63) is 64.2 Å². The van der Waals surface area contributed by atoms with E-state index >= 15 is 0 Å². The molecular weight excluding hydrogens is 392 g/mol. The van der Waals surface area contributed by atoms with E-state index in [0.717, 1.165) is 6.07 Å². The Morgan fingerprint density at radius 2 is 1.70 bits per heavy atom. The van der Waals surface area contributed by atoms with Crippen LogP contribution in [-0.4, -0.2) is 35.0 Å². The molecule has 0 aliphatic rings. The lowest BCUT2D eigenvalue weighted by Gasteiger charge is -2.14. The number of nitrogens with one attached hydrogen (secondary N) is 3. The standard InChI is InChI=1S/C20H22N4O6/c1-12(2)21-20(27)23-18(25)13(3)30-19(26)14-9-10-16(17(11-14)24(28)29)22-15-7-5-4-6-8-15/h4-13,22H,1-3H3,(H2,21,23,25,27)/t13-/m0/s1. The molecule has 0 fully saturated rings. The molecule has 1 atom stereocenters. The van der Waals surface area contributed by atoms with E-state index in [2.05, 4.69) is 10.6 Å². The molecule has 10 heteroatoms. The molecule has 30 heavy (non-hydrogen) atoms. The molecule has 0 bridgehead atoms. The number of carbonyl (C=O) groups is 3. The Kier molecular flexibility index (Phi) is 7.45. The first-order chi connectivity index (χ1) is 14.2. The molecule has 0 saturated carbocycles. The van der Waals surface area contributed by atoms with E-state index in [4.69, 9.17) is 4.74 Å². The zero-order chi connectivity index (χ0) is 22.3. The molecule has 3 amide bonds. The summed E-state index contributed by atoms with van der Waals surface area (Å²) in [7, 11) is 0. The van der Waals surface area contributed by atoms with Gasteiger partial charge >= 0.3 is 12.0 Å². The van der Waals surface area contributed by atoms with E-state index in [1.54, 1.807) is 38.1 Å². The van der Waals surface area contributed by atoms with Crippen molar-refractivity contribution in [2.45, 2.75) is 32.9 Å². The molecule has 3 N–H and O–H groups in total. The number of amides is 3. The van der Waals surface area contributed by atoms with Gasteiger partial charge in [-0.3, -0.25) is 20.2 Å². The maximum absolute atomic E-state index is 12.3. The number of imide groups is 1. The van der Waals surface area contributed by atoms with Crippen LogP contribution in [0.3, 0.4) is 0 Å². The van der Waals surface area contributed by atoms with Crippen LogP contribution in [0.2, 0.25) is 0 Å². The van der Waals surface area contributed by atoms with Gasteiger partial charge in [-0.2, -0.15) is 0 Å². The number of benzene rings is 2. The smallest absolute Gasteiger partial charge is 0.339 e. The third-order valence-corrected chi connectivity index (χ3v) is 3.79. The van der Waals surface area contributed by atoms with Crippen LogP contribution in [0, 0.1) is 10.1 Å². The third kappa shape index (κ3) is 6.30. The molecule has 0 aromatic heterocycles. The number of hydrogen-bond acceptors (Lipinski definition) is 7. The van der Waals surface area contributed by atoms with Crippen LogP contribution >= 0.6 is 0 Å². The molecule has 0 spiro atoms. The van der Waals surface area contributed by atoms with Gasteiger partial charge in [-0.25, -0.2) is 9.59 Å². The molecule has 0 aliphatic heterocycles. The second-order valence-electron chi connectivity index (χ2n) is 6.65. The highest BCUT2D eigenvalue weighted by atomic mass is 16.6. The molecule has 0 heterocycles. The predicted octanol–water partition coefficient (Wildman–Crippen LogP) is 3.12. The Morgan fingerprint density at radius 1 is 1.03 bits per heavy atom. The van der Waals surface area contributed by atoms with Crippen molar-refractivity contribution < 1.29 is 24.0 Å². The number of nitro benzene ring substituents is 1. The van der Waals surface area contributed by atoms with E-state index in [1.165, 1.54) is 19.1 Å². The van der Waals surface area contributed by atoms with Gasteiger partial charge in [-0.15, -0.1) is 0 Å². The molecule has 2 rings (SSSR count). The maximum Gasteiger partial charge on any atom is 0.339 e. The lowest BCUT2D eigenvalue weighted by atomic mass is 10.1.